The molecule has 6 nitrogen and oxygen atoms in total. The number of quaternary nitrogens is 1. The van der Waals surface area contributed by atoms with Crippen molar-refractivity contribution in [2.75, 3.05) is 40.4 Å². The van der Waals surface area contributed by atoms with Gasteiger partial charge in [-0.1, -0.05) is 169 Å². The average molecular weight is 880 g/mol. The van der Waals surface area contributed by atoms with Gasteiger partial charge >= 0.3 is 7.32 Å². The Kier molecular flexibility index (Phi) is 38.7. The number of ether oxygens (including phenoxy) is 2. The summed E-state index contributed by atoms with van der Waals surface area (Å²) in [6, 6.07) is 11.8. The van der Waals surface area contributed by atoms with Crippen molar-refractivity contribution in [1.82, 2.24) is 0 Å². The van der Waals surface area contributed by atoms with E-state index in [1.165, 1.54) is 185 Å². The summed E-state index contributed by atoms with van der Waals surface area (Å²) in [7, 11) is 1.78. The molecule has 7 heteroatoms. The number of nitrogens with zero attached hydrogens (tertiary/aromatic N) is 1. The molecule has 0 saturated heterocycles. The molecule has 0 unspecified atom stereocenters. The van der Waals surface area contributed by atoms with E-state index in [9.17, 15) is 5.02 Å². The highest BCUT2D eigenvalue weighted by Crippen LogP contribution is 2.24. The van der Waals surface area contributed by atoms with Crippen LogP contribution in [0.2, 0.25) is 0 Å². The van der Waals surface area contributed by atoms with Gasteiger partial charge < -0.3 is 28.3 Å². The van der Waals surface area contributed by atoms with Crippen LogP contribution in [0.15, 0.2) is 36.4 Å². The Morgan fingerprint density at radius 3 is 0.952 bits per heavy atom. The lowest BCUT2D eigenvalue weighted by atomic mass is 10.0. The largest absolute Gasteiger partial charge is 0.832 e. The quantitative estimate of drug-likeness (QED) is 0.0378. The van der Waals surface area contributed by atoms with Crippen molar-refractivity contribution >= 4 is 7.32 Å². The van der Waals surface area contributed by atoms with Crippen molar-refractivity contribution in [2.24, 2.45) is 0 Å². The number of methoxy groups -OCH3 is 2. The summed E-state index contributed by atoms with van der Waals surface area (Å²) in [5.41, 5.74) is 4.31. The van der Waals surface area contributed by atoms with E-state index < -0.39 is 7.32 Å². The Hall–Kier alpha value is -2.06. The Bertz CT molecular complexity index is 1170. The van der Waals surface area contributed by atoms with Crippen LogP contribution in [0.25, 0.3) is 0 Å². The molecule has 0 N–H and O–H groups in total. The molecule has 0 aromatic heterocycles. The maximum atomic E-state index is 12.3. The number of benzene rings is 2. The van der Waals surface area contributed by atoms with Gasteiger partial charge in [0.05, 0.1) is 53.6 Å². The third-order valence-corrected chi connectivity index (χ3v) is 13.1. The fraction of sp³-hybridized carbons (Fsp3) is 0.786. The number of unbranched alkanes of at least 4 members (excludes halogenated alkanes) is 22. The first kappa shape index (κ1) is 59.0. The first-order valence-electron chi connectivity index (χ1n) is 26.9. The van der Waals surface area contributed by atoms with Gasteiger partial charge in [0.1, 0.15) is 11.5 Å². The van der Waals surface area contributed by atoms with Crippen molar-refractivity contribution in [2.45, 2.75) is 247 Å². The highest BCUT2D eigenvalue weighted by Gasteiger charge is 2.26. The molecule has 0 aliphatic rings. The lowest BCUT2D eigenvalue weighted by molar-refractivity contribution is -0.929. The molecule has 0 amide bonds. The minimum atomic E-state index is -1.53. The smallest absolute Gasteiger partial charge is 0.345 e. The maximum Gasteiger partial charge on any atom is 0.345 e. The molecule has 364 valence electrons. The van der Waals surface area contributed by atoms with Crippen molar-refractivity contribution in [3.05, 3.63) is 58.7 Å². The molecule has 2 rings (SSSR count). The Labute approximate surface area is 392 Å². The van der Waals surface area contributed by atoms with E-state index >= 15 is 0 Å². The number of hydrogen-bond acceptors (Lipinski definition) is 5. The van der Waals surface area contributed by atoms with E-state index in [0.717, 1.165) is 72.3 Å². The monoisotopic (exact) mass is 880 g/mol. The second-order valence-corrected chi connectivity index (χ2v) is 18.7. The number of aryl methyl sites for hydroxylation is 2. The normalized spacial score (nSPS) is 11.4. The minimum absolute atomic E-state index is 0.225. The van der Waals surface area contributed by atoms with Crippen molar-refractivity contribution in [3.8, 4) is 11.5 Å². The van der Waals surface area contributed by atoms with Gasteiger partial charge in [0.15, 0.2) is 0 Å². The van der Waals surface area contributed by atoms with Gasteiger partial charge in [-0.15, -0.1) is 0 Å². The maximum absolute atomic E-state index is 12.3. The lowest BCUT2D eigenvalue weighted by Crippen LogP contribution is -2.50. The standard InChI is InChI=1S/C32H68N.C24H34BO5/c1-5-9-13-17-21-25-29-33(30-26-22-18-14-10-6-2,31-27-23-19-15-11-7-3)32-28-24-20-16-12-8-4;1-5-7-9-19-15-23(27-3)13-11-21(19)17-29-25(26)30-18-22-12-14-24(28-4)16-20(22)10-8-6-2/h5-32H2,1-4H3;11-16H,5-10,17-18H2,1-4H3/q+1;-1. The molecule has 0 heterocycles. The van der Waals surface area contributed by atoms with Crippen LogP contribution in [-0.2, 0) is 35.4 Å². The first-order chi connectivity index (χ1) is 30.8. The summed E-state index contributed by atoms with van der Waals surface area (Å²) in [5, 5.41) is 12.3. The van der Waals surface area contributed by atoms with Crippen LogP contribution < -0.4 is 14.5 Å². The summed E-state index contributed by atoms with van der Waals surface area (Å²) >= 11 is 0. The van der Waals surface area contributed by atoms with Gasteiger partial charge in [0, 0.05) is 0 Å². The average Bonchev–Trinajstić information content (AvgIpc) is 3.31. The summed E-state index contributed by atoms with van der Waals surface area (Å²) < 4.78 is 23.1. The van der Waals surface area contributed by atoms with Gasteiger partial charge in [-0.2, -0.15) is 0 Å². The summed E-state index contributed by atoms with van der Waals surface area (Å²) in [6.07, 6.45) is 41.0. The van der Waals surface area contributed by atoms with E-state index in [0.29, 0.717) is 0 Å². The van der Waals surface area contributed by atoms with Gasteiger partial charge in [0.2, 0.25) is 0 Å². The molecule has 0 atom stereocenters. The second kappa shape index (κ2) is 41.4. The molecule has 2 aromatic rings. The molecule has 63 heavy (non-hydrogen) atoms. The van der Waals surface area contributed by atoms with Gasteiger partial charge in [-0.25, -0.2) is 0 Å². The molecular formula is C56H102BNO5. The van der Waals surface area contributed by atoms with E-state index in [4.69, 9.17) is 18.8 Å². The summed E-state index contributed by atoms with van der Waals surface area (Å²) in [5.74, 6) is 1.64. The van der Waals surface area contributed by atoms with Crippen LogP contribution >= 0.6 is 0 Å². The molecule has 0 aliphatic carbocycles. The van der Waals surface area contributed by atoms with E-state index in [1.807, 2.05) is 36.4 Å². The molecule has 0 aliphatic heterocycles. The van der Waals surface area contributed by atoms with Gasteiger partial charge in [0.25, 0.3) is 0 Å². The molecule has 0 bridgehead atoms. The van der Waals surface area contributed by atoms with Gasteiger partial charge in [-0.05, 0) is 124 Å². The SMILES string of the molecule is CCCCCCCC[N+](CCCCCCCC)(CCCCCCCC)CCCCCCCC.CCCCc1cc(OC)ccc1COB([O-])OCc1ccc(OC)cc1CCCC. The zero-order chi connectivity index (χ0) is 46.1. The highest BCUT2D eigenvalue weighted by molar-refractivity contribution is 6.32. The Morgan fingerprint density at radius 1 is 0.381 bits per heavy atom. The van der Waals surface area contributed by atoms with Crippen LogP contribution in [0.5, 0.6) is 11.5 Å². The number of rotatable bonds is 42. The summed E-state index contributed by atoms with van der Waals surface area (Å²) in [4.78, 5) is 0. The molecule has 0 fully saturated rings. The fourth-order valence-corrected chi connectivity index (χ4v) is 8.88. The predicted octanol–water partition coefficient (Wildman–Crippen LogP) is 15.7. The topological polar surface area (TPSA) is 60.0 Å². The molecule has 0 spiro atoms. The third-order valence-electron chi connectivity index (χ3n) is 13.1. The van der Waals surface area contributed by atoms with E-state index in [2.05, 4.69) is 41.5 Å². The summed E-state index contributed by atoms with van der Waals surface area (Å²) in [6.45, 7) is 20.0. The zero-order valence-electron chi connectivity index (χ0n) is 43.0. The van der Waals surface area contributed by atoms with Crippen molar-refractivity contribution in [1.29, 1.82) is 0 Å². The highest BCUT2D eigenvalue weighted by atomic mass is 16.7. The molecule has 0 saturated carbocycles. The Morgan fingerprint density at radius 2 is 0.667 bits per heavy atom. The van der Waals surface area contributed by atoms with E-state index in [-0.39, 0.29) is 13.2 Å². The second-order valence-electron chi connectivity index (χ2n) is 18.7. The van der Waals surface area contributed by atoms with Crippen LogP contribution in [0, 0.1) is 0 Å². The van der Waals surface area contributed by atoms with Crippen LogP contribution in [0.3, 0.4) is 0 Å². The molecular weight excluding hydrogens is 777 g/mol. The van der Waals surface area contributed by atoms with Gasteiger partial charge in [-0.3, -0.25) is 0 Å². The first-order valence-corrected chi connectivity index (χ1v) is 26.9. The van der Waals surface area contributed by atoms with Crippen LogP contribution in [0.1, 0.15) is 244 Å². The number of hydrogen-bond donors (Lipinski definition) is 0. The lowest BCUT2D eigenvalue weighted by Gasteiger charge is -2.40. The fourth-order valence-electron chi connectivity index (χ4n) is 8.88. The minimum Gasteiger partial charge on any atom is -0.832 e. The molecule has 2 aromatic carbocycles. The predicted molar refractivity (Wildman–Crippen MR) is 272 cm³/mol. The van der Waals surface area contributed by atoms with Crippen LogP contribution in [-0.4, -0.2) is 52.2 Å². The van der Waals surface area contributed by atoms with Crippen molar-refractivity contribution in [3.63, 3.8) is 0 Å². The van der Waals surface area contributed by atoms with Crippen molar-refractivity contribution < 1.29 is 28.3 Å². The zero-order valence-corrected chi connectivity index (χ0v) is 43.0. The molecule has 0 radical (unpaired) electrons. The van der Waals surface area contributed by atoms with E-state index in [1.54, 1.807) is 14.2 Å². The van der Waals surface area contributed by atoms with Crippen LogP contribution in [0.4, 0.5) is 0 Å². The third kappa shape index (κ3) is 30.0. The Balaban J connectivity index is 0.000000632.